The Morgan fingerprint density at radius 3 is 2.16 bits per heavy atom. The third-order valence-corrected chi connectivity index (χ3v) is 7.08. The van der Waals surface area contributed by atoms with Crippen molar-refractivity contribution in [3.63, 3.8) is 0 Å². The van der Waals surface area contributed by atoms with E-state index in [4.69, 9.17) is 9.47 Å². The molecular formula is C33H24N2O3. The fourth-order valence-corrected chi connectivity index (χ4v) is 5.41. The number of hydrogen-bond acceptors (Lipinski definition) is 5. The summed E-state index contributed by atoms with van der Waals surface area (Å²) in [5.41, 5.74) is 6.71. The van der Waals surface area contributed by atoms with E-state index in [1.807, 2.05) is 103 Å². The van der Waals surface area contributed by atoms with Crippen LogP contribution in [0.4, 0.5) is 22.7 Å². The monoisotopic (exact) mass is 496 g/mol. The zero-order valence-electron chi connectivity index (χ0n) is 20.7. The summed E-state index contributed by atoms with van der Waals surface area (Å²) in [5.74, 6) is 0.943. The Labute approximate surface area is 220 Å². The topological polar surface area (TPSA) is 59.6 Å². The van der Waals surface area contributed by atoms with E-state index >= 15 is 0 Å². The van der Waals surface area contributed by atoms with Gasteiger partial charge in [-0.2, -0.15) is 0 Å². The maximum absolute atomic E-state index is 13.2. The lowest BCUT2D eigenvalue weighted by molar-refractivity contribution is 0.0224. The Morgan fingerprint density at radius 1 is 0.579 bits per heavy atom. The van der Waals surface area contributed by atoms with E-state index in [1.54, 1.807) is 0 Å². The first-order valence-corrected chi connectivity index (χ1v) is 12.6. The van der Waals surface area contributed by atoms with Crippen LogP contribution in [0, 0.1) is 6.92 Å². The van der Waals surface area contributed by atoms with Gasteiger partial charge in [-0.25, -0.2) is 4.79 Å². The molecule has 184 valence electrons. The number of rotatable bonds is 4. The van der Waals surface area contributed by atoms with Crippen molar-refractivity contribution in [2.75, 3.05) is 10.6 Å². The molecular weight excluding hydrogens is 472 g/mol. The number of nitrogens with one attached hydrogen (secondary N) is 2. The molecule has 0 saturated carbocycles. The Hall–Kier alpha value is -5.03. The molecule has 0 amide bonds. The van der Waals surface area contributed by atoms with Gasteiger partial charge in [0, 0.05) is 45.5 Å². The molecule has 0 aromatic heterocycles. The maximum atomic E-state index is 13.2. The van der Waals surface area contributed by atoms with E-state index in [9.17, 15) is 4.79 Å². The van der Waals surface area contributed by atoms with Crippen LogP contribution in [-0.4, -0.2) is 5.97 Å². The molecule has 5 aromatic carbocycles. The van der Waals surface area contributed by atoms with Crippen LogP contribution < -0.4 is 15.4 Å². The molecule has 0 aliphatic carbocycles. The molecule has 0 fully saturated rings. The predicted octanol–water partition coefficient (Wildman–Crippen LogP) is 8.05. The summed E-state index contributed by atoms with van der Waals surface area (Å²) in [5, 5.41) is 6.92. The van der Waals surface area contributed by atoms with Crippen molar-refractivity contribution in [3.8, 4) is 11.5 Å². The molecule has 0 bridgehead atoms. The SMILES string of the molecule is Cc1cccc(Nc2ccc3c(c2)C2(OC(=O)c4ccccc42)c2ccc(Nc4ccccc4)cc2O3)c1. The van der Waals surface area contributed by atoms with Gasteiger partial charge >= 0.3 is 5.97 Å². The maximum Gasteiger partial charge on any atom is 0.340 e. The second-order valence-corrected chi connectivity index (χ2v) is 9.63. The summed E-state index contributed by atoms with van der Waals surface area (Å²) < 4.78 is 12.8. The summed E-state index contributed by atoms with van der Waals surface area (Å²) >= 11 is 0. The van der Waals surface area contributed by atoms with E-state index in [0.717, 1.165) is 39.4 Å². The van der Waals surface area contributed by atoms with E-state index in [2.05, 4.69) is 29.7 Å². The zero-order chi connectivity index (χ0) is 25.7. The highest BCUT2D eigenvalue weighted by Gasteiger charge is 2.53. The van der Waals surface area contributed by atoms with Crippen LogP contribution in [0.3, 0.4) is 0 Å². The first-order chi connectivity index (χ1) is 18.6. The molecule has 5 nitrogen and oxygen atoms in total. The lowest BCUT2D eigenvalue weighted by atomic mass is 9.77. The van der Waals surface area contributed by atoms with E-state index in [-0.39, 0.29) is 5.97 Å². The first-order valence-electron chi connectivity index (χ1n) is 12.6. The Balaban J connectivity index is 1.38. The third-order valence-electron chi connectivity index (χ3n) is 7.08. The molecule has 2 aliphatic rings. The van der Waals surface area contributed by atoms with Gasteiger partial charge in [0.25, 0.3) is 0 Å². The van der Waals surface area contributed by atoms with Gasteiger partial charge in [-0.15, -0.1) is 0 Å². The minimum Gasteiger partial charge on any atom is -0.456 e. The molecule has 1 spiro atoms. The number of esters is 1. The molecule has 0 saturated heterocycles. The van der Waals surface area contributed by atoms with Gasteiger partial charge in [-0.05, 0) is 73.2 Å². The second-order valence-electron chi connectivity index (χ2n) is 9.63. The Kier molecular flexibility index (Phi) is 4.98. The highest BCUT2D eigenvalue weighted by molar-refractivity contribution is 5.97. The first kappa shape index (κ1) is 22.2. The van der Waals surface area contributed by atoms with Gasteiger partial charge in [0.05, 0.1) is 5.56 Å². The summed E-state index contributed by atoms with van der Waals surface area (Å²) in [7, 11) is 0. The van der Waals surface area contributed by atoms with E-state index < -0.39 is 5.60 Å². The predicted molar refractivity (Wildman–Crippen MR) is 149 cm³/mol. The molecule has 2 heterocycles. The van der Waals surface area contributed by atoms with Crippen LogP contribution in [-0.2, 0) is 10.3 Å². The van der Waals surface area contributed by atoms with Crippen molar-refractivity contribution in [3.05, 3.63) is 143 Å². The number of hydrogen-bond donors (Lipinski definition) is 2. The van der Waals surface area contributed by atoms with Gasteiger partial charge in [-0.3, -0.25) is 0 Å². The quantitative estimate of drug-likeness (QED) is 0.247. The van der Waals surface area contributed by atoms with Crippen molar-refractivity contribution in [1.29, 1.82) is 0 Å². The molecule has 5 heteroatoms. The number of benzene rings is 5. The average Bonchev–Trinajstić information content (AvgIpc) is 3.22. The molecule has 38 heavy (non-hydrogen) atoms. The average molecular weight is 497 g/mol. The molecule has 5 aromatic rings. The minimum atomic E-state index is -1.12. The zero-order valence-corrected chi connectivity index (χ0v) is 20.7. The van der Waals surface area contributed by atoms with Crippen molar-refractivity contribution in [2.24, 2.45) is 0 Å². The van der Waals surface area contributed by atoms with Gasteiger partial charge in [0.2, 0.25) is 0 Å². The number of aryl methyl sites for hydroxylation is 1. The Morgan fingerprint density at radius 2 is 1.29 bits per heavy atom. The van der Waals surface area contributed by atoms with Crippen molar-refractivity contribution < 1.29 is 14.3 Å². The minimum absolute atomic E-state index is 0.345. The highest BCUT2D eigenvalue weighted by Crippen LogP contribution is 2.57. The van der Waals surface area contributed by atoms with Crippen LogP contribution in [0.15, 0.2) is 115 Å². The number of anilines is 4. The van der Waals surface area contributed by atoms with Crippen molar-refractivity contribution in [1.82, 2.24) is 0 Å². The lowest BCUT2D eigenvalue weighted by Gasteiger charge is -2.37. The molecule has 0 radical (unpaired) electrons. The van der Waals surface area contributed by atoms with Crippen molar-refractivity contribution >= 4 is 28.7 Å². The van der Waals surface area contributed by atoms with Gasteiger partial charge in [-0.1, -0.05) is 48.5 Å². The molecule has 2 aliphatic heterocycles. The number of carbonyl (C=O) groups is 1. The number of carbonyl (C=O) groups excluding carboxylic acids is 1. The summed E-state index contributed by atoms with van der Waals surface area (Å²) in [6, 6.07) is 37.6. The third kappa shape index (κ3) is 3.51. The van der Waals surface area contributed by atoms with Crippen LogP contribution >= 0.6 is 0 Å². The molecule has 2 N–H and O–H groups in total. The largest absolute Gasteiger partial charge is 0.456 e. The van der Waals surface area contributed by atoms with Gasteiger partial charge < -0.3 is 20.1 Å². The number of ether oxygens (including phenoxy) is 2. The summed E-state index contributed by atoms with van der Waals surface area (Å²) in [6.07, 6.45) is 0. The van der Waals surface area contributed by atoms with Gasteiger partial charge in [0.15, 0.2) is 5.60 Å². The summed E-state index contributed by atoms with van der Waals surface area (Å²) in [4.78, 5) is 13.2. The normalized spacial score (nSPS) is 16.6. The standard InChI is InChI=1S/C33H24N2O3/c1-21-8-7-11-23(18-21)35-24-15-17-30-29(19-24)33(27-13-6-5-12-26(27)32(36)38-33)28-16-14-25(20-31(28)37-30)34-22-9-3-2-4-10-22/h2-20,34-35H,1H3. The van der Waals surface area contributed by atoms with Crippen LogP contribution in [0.1, 0.15) is 32.6 Å². The molecule has 1 unspecified atom stereocenters. The number of fused-ring (bicyclic) bond motifs is 6. The van der Waals surface area contributed by atoms with Gasteiger partial charge in [0.1, 0.15) is 11.5 Å². The van der Waals surface area contributed by atoms with Crippen LogP contribution in [0.2, 0.25) is 0 Å². The Bertz CT molecular complexity index is 1710. The molecule has 7 rings (SSSR count). The highest BCUT2D eigenvalue weighted by atomic mass is 16.6. The lowest BCUT2D eigenvalue weighted by Crippen LogP contribution is -2.33. The fourth-order valence-electron chi connectivity index (χ4n) is 5.41. The van der Waals surface area contributed by atoms with Crippen LogP contribution in [0.5, 0.6) is 11.5 Å². The second kappa shape index (κ2) is 8.53. The molecule has 1 atom stereocenters. The smallest absolute Gasteiger partial charge is 0.340 e. The fraction of sp³-hybridized carbons (Fsp3) is 0.0606. The van der Waals surface area contributed by atoms with Crippen LogP contribution in [0.25, 0.3) is 0 Å². The number of para-hydroxylation sites is 1. The van der Waals surface area contributed by atoms with E-state index in [1.165, 1.54) is 5.56 Å². The van der Waals surface area contributed by atoms with E-state index in [0.29, 0.717) is 17.1 Å². The summed E-state index contributed by atoms with van der Waals surface area (Å²) in [6.45, 7) is 2.06. The van der Waals surface area contributed by atoms with Crippen molar-refractivity contribution in [2.45, 2.75) is 12.5 Å².